The molecule has 1 unspecified atom stereocenters. The summed E-state index contributed by atoms with van der Waals surface area (Å²) >= 11 is 1.97. The van der Waals surface area contributed by atoms with Gasteiger partial charge in [0.25, 0.3) is 0 Å². The van der Waals surface area contributed by atoms with Crippen molar-refractivity contribution in [3.8, 4) is 0 Å². The lowest BCUT2D eigenvalue weighted by Gasteiger charge is -2.39. The molecule has 0 aromatic rings. The Balaban J connectivity index is 1.89. The summed E-state index contributed by atoms with van der Waals surface area (Å²) in [5.74, 6) is 1.97. The number of rotatable bonds is 3. The van der Waals surface area contributed by atoms with Crippen molar-refractivity contribution in [2.45, 2.75) is 65.3 Å². The van der Waals surface area contributed by atoms with E-state index in [4.69, 9.17) is 4.99 Å². The molecule has 104 valence electrons. The first-order valence-corrected chi connectivity index (χ1v) is 8.57. The molecule has 1 atom stereocenters. The lowest BCUT2D eigenvalue weighted by molar-refractivity contribution is 0.232. The topological polar surface area (TPSA) is 24.4 Å². The fraction of sp³-hybridized carbons (Fsp3) is 0.933. The monoisotopic (exact) mass is 268 g/mol. The minimum absolute atomic E-state index is 0.549. The number of thioether (sulfide) groups is 1. The molecule has 0 bridgehead atoms. The van der Waals surface area contributed by atoms with E-state index in [0.717, 1.165) is 6.54 Å². The van der Waals surface area contributed by atoms with Gasteiger partial charge in [0.05, 0.1) is 0 Å². The minimum Gasteiger partial charge on any atom is -0.362 e. The van der Waals surface area contributed by atoms with E-state index in [1.807, 2.05) is 11.8 Å². The largest absolute Gasteiger partial charge is 0.362 e. The molecule has 2 rings (SSSR count). The van der Waals surface area contributed by atoms with E-state index in [2.05, 4.69) is 26.1 Å². The van der Waals surface area contributed by atoms with Crippen LogP contribution in [0.4, 0.5) is 0 Å². The number of hydrogen-bond donors (Lipinski definition) is 1. The van der Waals surface area contributed by atoms with Gasteiger partial charge in [0, 0.05) is 18.3 Å². The molecule has 1 aliphatic heterocycles. The Bertz CT molecular complexity index is 293. The maximum Gasteiger partial charge on any atom is 0.156 e. The highest BCUT2D eigenvalue weighted by Crippen LogP contribution is 2.41. The fourth-order valence-corrected chi connectivity index (χ4v) is 4.36. The predicted octanol–water partition coefficient (Wildman–Crippen LogP) is 4.06. The van der Waals surface area contributed by atoms with Gasteiger partial charge >= 0.3 is 0 Å². The third-order valence-corrected chi connectivity index (χ3v) is 5.82. The first kappa shape index (κ1) is 14.2. The smallest absolute Gasteiger partial charge is 0.156 e. The number of nitrogens with zero attached hydrogens (tertiary/aromatic N) is 1. The van der Waals surface area contributed by atoms with Gasteiger partial charge in [-0.05, 0) is 30.6 Å². The van der Waals surface area contributed by atoms with Crippen LogP contribution in [0.25, 0.3) is 0 Å². The molecule has 18 heavy (non-hydrogen) atoms. The van der Waals surface area contributed by atoms with Gasteiger partial charge in [-0.25, -0.2) is 0 Å². The van der Waals surface area contributed by atoms with Crippen LogP contribution in [0.3, 0.4) is 0 Å². The van der Waals surface area contributed by atoms with Gasteiger partial charge in [0.2, 0.25) is 0 Å². The van der Waals surface area contributed by atoms with Crippen molar-refractivity contribution in [3.05, 3.63) is 0 Å². The van der Waals surface area contributed by atoms with E-state index in [1.54, 1.807) is 0 Å². The van der Waals surface area contributed by atoms with Crippen molar-refractivity contribution in [1.82, 2.24) is 5.32 Å². The van der Waals surface area contributed by atoms with Gasteiger partial charge in [-0.15, -0.1) is 0 Å². The standard InChI is InChI=1S/C15H28N2S/c1-4-13(12(2)3)17-14-16-10-15(11-18-14)8-6-5-7-9-15/h12-13H,4-11H2,1-3H3,(H,16,17). The summed E-state index contributed by atoms with van der Waals surface area (Å²) in [6.07, 6.45) is 8.26. The average Bonchev–Trinajstić information content (AvgIpc) is 2.39. The molecule has 0 radical (unpaired) electrons. The summed E-state index contributed by atoms with van der Waals surface area (Å²) in [6, 6.07) is 0.580. The van der Waals surface area contributed by atoms with Crippen molar-refractivity contribution in [1.29, 1.82) is 0 Å². The molecule has 3 heteroatoms. The SMILES string of the molecule is CCC(NC1=NCC2(CCCCC2)CS1)C(C)C. The summed E-state index contributed by atoms with van der Waals surface area (Å²) in [7, 11) is 0. The Kier molecular flexibility index (Phi) is 4.99. The van der Waals surface area contributed by atoms with Crippen LogP contribution in [0.2, 0.25) is 0 Å². The van der Waals surface area contributed by atoms with E-state index in [9.17, 15) is 0 Å². The normalized spacial score (nSPS) is 25.0. The molecule has 1 saturated carbocycles. The van der Waals surface area contributed by atoms with Crippen LogP contribution >= 0.6 is 11.8 Å². The zero-order chi connectivity index (χ0) is 13.0. The van der Waals surface area contributed by atoms with E-state index >= 15 is 0 Å². The lowest BCUT2D eigenvalue weighted by Crippen LogP contribution is -2.41. The Labute approximate surface area is 116 Å². The molecule has 1 aliphatic carbocycles. The van der Waals surface area contributed by atoms with Gasteiger partial charge in [0.15, 0.2) is 5.17 Å². The molecule has 1 fully saturated rings. The third kappa shape index (κ3) is 3.43. The molecule has 1 heterocycles. The Morgan fingerprint density at radius 2 is 2.00 bits per heavy atom. The van der Waals surface area contributed by atoms with Crippen LogP contribution in [-0.4, -0.2) is 23.5 Å². The van der Waals surface area contributed by atoms with Gasteiger partial charge in [0.1, 0.15) is 0 Å². The Morgan fingerprint density at radius 3 is 2.50 bits per heavy atom. The van der Waals surface area contributed by atoms with E-state index in [1.165, 1.54) is 49.4 Å². The second kappa shape index (κ2) is 6.31. The molecule has 0 saturated heterocycles. The van der Waals surface area contributed by atoms with Crippen molar-refractivity contribution in [2.75, 3.05) is 12.3 Å². The maximum atomic E-state index is 4.85. The molecular formula is C15H28N2S. The summed E-state index contributed by atoms with van der Waals surface area (Å²) < 4.78 is 0. The van der Waals surface area contributed by atoms with Crippen molar-refractivity contribution in [3.63, 3.8) is 0 Å². The van der Waals surface area contributed by atoms with Gasteiger partial charge in [-0.3, -0.25) is 4.99 Å². The van der Waals surface area contributed by atoms with Crippen molar-refractivity contribution < 1.29 is 0 Å². The summed E-state index contributed by atoms with van der Waals surface area (Å²) in [5.41, 5.74) is 0.549. The lowest BCUT2D eigenvalue weighted by atomic mass is 9.75. The highest BCUT2D eigenvalue weighted by molar-refractivity contribution is 8.13. The first-order valence-electron chi connectivity index (χ1n) is 7.59. The van der Waals surface area contributed by atoms with Gasteiger partial charge in [-0.2, -0.15) is 0 Å². The Hall–Kier alpha value is -0.180. The van der Waals surface area contributed by atoms with Crippen molar-refractivity contribution in [2.24, 2.45) is 16.3 Å². The molecule has 1 N–H and O–H groups in total. The van der Waals surface area contributed by atoms with Gasteiger partial charge < -0.3 is 5.32 Å². The predicted molar refractivity (Wildman–Crippen MR) is 82.3 cm³/mol. The molecule has 0 aromatic carbocycles. The molecular weight excluding hydrogens is 240 g/mol. The van der Waals surface area contributed by atoms with Crippen LogP contribution < -0.4 is 5.32 Å². The molecule has 0 aromatic heterocycles. The Morgan fingerprint density at radius 1 is 1.28 bits per heavy atom. The second-order valence-corrected chi connectivity index (χ2v) is 7.34. The molecule has 1 spiro atoms. The highest BCUT2D eigenvalue weighted by Gasteiger charge is 2.35. The number of aliphatic imine (C=N–C) groups is 1. The number of hydrogen-bond acceptors (Lipinski definition) is 3. The molecule has 2 aliphatic rings. The van der Waals surface area contributed by atoms with Crippen LogP contribution in [0.15, 0.2) is 4.99 Å². The van der Waals surface area contributed by atoms with Crippen LogP contribution in [-0.2, 0) is 0 Å². The van der Waals surface area contributed by atoms with E-state index < -0.39 is 0 Å². The fourth-order valence-electron chi connectivity index (χ4n) is 3.14. The van der Waals surface area contributed by atoms with E-state index in [0.29, 0.717) is 17.4 Å². The van der Waals surface area contributed by atoms with Gasteiger partial charge in [-0.1, -0.05) is 51.8 Å². The van der Waals surface area contributed by atoms with Crippen LogP contribution in [0, 0.1) is 11.3 Å². The number of nitrogens with one attached hydrogen (secondary N) is 1. The van der Waals surface area contributed by atoms with Crippen LogP contribution in [0.5, 0.6) is 0 Å². The van der Waals surface area contributed by atoms with Crippen LogP contribution in [0.1, 0.15) is 59.3 Å². The minimum atomic E-state index is 0.549. The van der Waals surface area contributed by atoms with E-state index in [-0.39, 0.29) is 0 Å². The zero-order valence-electron chi connectivity index (χ0n) is 12.2. The third-order valence-electron chi connectivity index (χ3n) is 4.54. The number of amidine groups is 1. The summed E-state index contributed by atoms with van der Waals surface area (Å²) in [6.45, 7) is 7.90. The zero-order valence-corrected chi connectivity index (χ0v) is 13.0. The molecule has 0 amide bonds. The first-order chi connectivity index (χ1) is 8.65. The summed E-state index contributed by atoms with van der Waals surface area (Å²) in [5, 5.41) is 4.84. The second-order valence-electron chi connectivity index (χ2n) is 6.37. The molecule has 2 nitrogen and oxygen atoms in total. The highest BCUT2D eigenvalue weighted by atomic mass is 32.2. The quantitative estimate of drug-likeness (QED) is 0.834. The maximum absolute atomic E-state index is 4.85. The van der Waals surface area contributed by atoms with Crippen molar-refractivity contribution >= 4 is 16.9 Å². The summed E-state index contributed by atoms with van der Waals surface area (Å²) in [4.78, 5) is 4.85. The average molecular weight is 268 g/mol.